The van der Waals surface area contributed by atoms with Crippen LogP contribution in [-0.4, -0.2) is 6.61 Å². The van der Waals surface area contributed by atoms with E-state index in [0.29, 0.717) is 6.61 Å². The minimum atomic E-state index is 0.684. The second kappa shape index (κ2) is 3.83. The Morgan fingerprint density at radius 2 is 2.21 bits per heavy atom. The molecule has 0 radical (unpaired) electrons. The Balaban J connectivity index is 2.68. The van der Waals surface area contributed by atoms with Crippen molar-refractivity contribution >= 4 is 34.1 Å². The van der Waals surface area contributed by atoms with Gasteiger partial charge in [0.15, 0.2) is 0 Å². The van der Waals surface area contributed by atoms with Crippen LogP contribution in [0.3, 0.4) is 0 Å². The van der Waals surface area contributed by atoms with Crippen molar-refractivity contribution in [1.29, 1.82) is 0 Å². The number of rotatable bonds is 2. The molecule has 1 aromatic heterocycles. The van der Waals surface area contributed by atoms with Crippen molar-refractivity contribution in [1.82, 2.24) is 0 Å². The summed E-state index contributed by atoms with van der Waals surface area (Å²) >= 11 is 6.16. The number of fused-ring (bicyclic) bond motifs is 1. The van der Waals surface area contributed by atoms with Gasteiger partial charge in [0, 0.05) is 9.77 Å². The lowest BCUT2D eigenvalue weighted by Crippen LogP contribution is -1.92. The number of thiol groups is 1. The van der Waals surface area contributed by atoms with Crippen molar-refractivity contribution in [3.8, 4) is 5.75 Å². The predicted octanol–water partition coefficient (Wildman–Crippen LogP) is 3.90. The normalized spacial score (nSPS) is 10.8. The Morgan fingerprint density at radius 1 is 1.43 bits per heavy atom. The number of hydrogen-bond acceptors (Lipinski definition) is 3. The highest BCUT2D eigenvalue weighted by molar-refractivity contribution is 7.80. The molecule has 0 fully saturated rings. The lowest BCUT2D eigenvalue weighted by Gasteiger charge is -2.06. The van der Waals surface area contributed by atoms with E-state index in [2.05, 4.69) is 31.7 Å². The van der Waals surface area contributed by atoms with Crippen molar-refractivity contribution in [3.63, 3.8) is 0 Å². The molecule has 0 saturated carbocycles. The summed E-state index contributed by atoms with van der Waals surface area (Å²) in [7, 11) is 0. The molecule has 0 aliphatic rings. The van der Waals surface area contributed by atoms with Gasteiger partial charge in [-0.1, -0.05) is 6.07 Å². The summed E-state index contributed by atoms with van der Waals surface area (Å²) in [5.74, 6) is 0.923. The van der Waals surface area contributed by atoms with Crippen LogP contribution >= 0.6 is 24.0 Å². The maximum absolute atomic E-state index is 5.60. The summed E-state index contributed by atoms with van der Waals surface area (Å²) in [4.78, 5) is 2.22. The van der Waals surface area contributed by atoms with Gasteiger partial charge in [-0.2, -0.15) is 0 Å². The molecule has 0 N–H and O–H groups in total. The first-order chi connectivity index (χ1) is 6.72. The van der Waals surface area contributed by atoms with Gasteiger partial charge in [0.05, 0.1) is 11.3 Å². The van der Waals surface area contributed by atoms with Gasteiger partial charge in [-0.15, -0.1) is 24.0 Å². The van der Waals surface area contributed by atoms with Crippen LogP contribution in [0.1, 0.15) is 11.8 Å². The van der Waals surface area contributed by atoms with Crippen LogP contribution in [0, 0.1) is 6.92 Å². The maximum Gasteiger partial charge on any atom is 0.150 e. The minimum Gasteiger partial charge on any atom is -0.491 e. The zero-order valence-corrected chi connectivity index (χ0v) is 9.91. The van der Waals surface area contributed by atoms with Crippen LogP contribution in [0.25, 0.3) is 10.1 Å². The molecular weight excluding hydrogens is 212 g/mol. The van der Waals surface area contributed by atoms with Crippen LogP contribution in [0.5, 0.6) is 5.75 Å². The number of aryl methyl sites for hydroxylation is 1. The fourth-order valence-electron chi connectivity index (χ4n) is 1.48. The van der Waals surface area contributed by atoms with E-state index in [4.69, 9.17) is 4.74 Å². The van der Waals surface area contributed by atoms with E-state index in [1.54, 1.807) is 11.3 Å². The molecule has 0 atom stereocenters. The van der Waals surface area contributed by atoms with Gasteiger partial charge in [-0.25, -0.2) is 0 Å². The summed E-state index contributed by atoms with van der Waals surface area (Å²) in [5.41, 5.74) is 0. The Labute approximate surface area is 93.1 Å². The van der Waals surface area contributed by atoms with Crippen molar-refractivity contribution < 1.29 is 4.74 Å². The zero-order valence-electron chi connectivity index (χ0n) is 8.20. The van der Waals surface area contributed by atoms with Crippen LogP contribution in [0.15, 0.2) is 23.1 Å². The minimum absolute atomic E-state index is 0.684. The molecule has 3 heteroatoms. The van der Waals surface area contributed by atoms with Crippen molar-refractivity contribution in [2.75, 3.05) is 6.61 Å². The molecule has 2 rings (SSSR count). The SMILES string of the molecule is CCOc1c(S)ccc2cc(C)sc12. The molecule has 14 heavy (non-hydrogen) atoms. The first-order valence-corrected chi connectivity index (χ1v) is 5.83. The molecule has 0 spiro atoms. The van der Waals surface area contributed by atoms with E-state index >= 15 is 0 Å². The molecule has 0 saturated heterocycles. The van der Waals surface area contributed by atoms with Crippen molar-refractivity contribution in [3.05, 3.63) is 23.1 Å². The van der Waals surface area contributed by atoms with Crippen LogP contribution < -0.4 is 4.74 Å². The van der Waals surface area contributed by atoms with E-state index in [-0.39, 0.29) is 0 Å². The highest BCUT2D eigenvalue weighted by Gasteiger charge is 2.08. The second-order valence-electron chi connectivity index (χ2n) is 3.12. The Kier molecular flexibility index (Phi) is 2.70. The van der Waals surface area contributed by atoms with Gasteiger partial charge in [-0.05, 0) is 31.4 Å². The van der Waals surface area contributed by atoms with Crippen molar-refractivity contribution in [2.45, 2.75) is 18.7 Å². The fourth-order valence-corrected chi connectivity index (χ4v) is 2.82. The Morgan fingerprint density at radius 3 is 2.93 bits per heavy atom. The standard InChI is InChI=1S/C11H12OS2/c1-3-12-10-9(13)5-4-8-6-7(2)14-11(8)10/h4-6,13H,3H2,1-2H3. The van der Waals surface area contributed by atoms with E-state index in [1.807, 2.05) is 13.0 Å². The van der Waals surface area contributed by atoms with E-state index in [0.717, 1.165) is 10.6 Å². The van der Waals surface area contributed by atoms with Gasteiger partial charge < -0.3 is 4.74 Å². The van der Waals surface area contributed by atoms with Gasteiger partial charge in [-0.3, -0.25) is 0 Å². The molecule has 1 nitrogen and oxygen atoms in total. The third-order valence-corrected chi connectivity index (χ3v) is 3.45. The number of hydrogen-bond donors (Lipinski definition) is 1. The number of ether oxygens (including phenoxy) is 1. The molecule has 1 aromatic carbocycles. The van der Waals surface area contributed by atoms with Crippen LogP contribution in [0.4, 0.5) is 0 Å². The van der Waals surface area contributed by atoms with Gasteiger partial charge in [0.25, 0.3) is 0 Å². The molecule has 0 unspecified atom stereocenters. The van der Waals surface area contributed by atoms with Crippen molar-refractivity contribution in [2.24, 2.45) is 0 Å². The third-order valence-electron chi connectivity index (χ3n) is 2.03. The van der Waals surface area contributed by atoms with E-state index < -0.39 is 0 Å². The Hall–Kier alpha value is -0.670. The first-order valence-electron chi connectivity index (χ1n) is 4.57. The van der Waals surface area contributed by atoms with Gasteiger partial charge in [0.1, 0.15) is 5.75 Å². The molecule has 1 heterocycles. The second-order valence-corrected chi connectivity index (χ2v) is 4.86. The van der Waals surface area contributed by atoms with Crippen LogP contribution in [-0.2, 0) is 0 Å². The molecule has 0 bridgehead atoms. The summed E-state index contributed by atoms with van der Waals surface area (Å²) in [5, 5.41) is 1.24. The largest absolute Gasteiger partial charge is 0.491 e. The summed E-state index contributed by atoms with van der Waals surface area (Å²) in [6, 6.07) is 6.25. The quantitative estimate of drug-likeness (QED) is 0.761. The summed E-state index contributed by atoms with van der Waals surface area (Å²) in [6.07, 6.45) is 0. The number of benzene rings is 1. The van der Waals surface area contributed by atoms with E-state index in [1.165, 1.54) is 15.0 Å². The lowest BCUT2D eigenvalue weighted by atomic mass is 10.2. The summed E-state index contributed by atoms with van der Waals surface area (Å²) < 4.78 is 6.80. The fraction of sp³-hybridized carbons (Fsp3) is 0.273. The lowest BCUT2D eigenvalue weighted by molar-refractivity contribution is 0.337. The average Bonchev–Trinajstić information content (AvgIpc) is 2.51. The van der Waals surface area contributed by atoms with Gasteiger partial charge in [0.2, 0.25) is 0 Å². The predicted molar refractivity (Wildman–Crippen MR) is 65.0 cm³/mol. The smallest absolute Gasteiger partial charge is 0.150 e. The van der Waals surface area contributed by atoms with Crippen LogP contribution in [0.2, 0.25) is 0 Å². The molecule has 0 aliphatic carbocycles. The molecule has 0 amide bonds. The molecular formula is C11H12OS2. The van der Waals surface area contributed by atoms with E-state index in [9.17, 15) is 0 Å². The number of thiophene rings is 1. The summed E-state index contributed by atoms with van der Waals surface area (Å²) in [6.45, 7) is 4.79. The average molecular weight is 224 g/mol. The maximum atomic E-state index is 5.60. The molecule has 2 aromatic rings. The zero-order chi connectivity index (χ0) is 10.1. The Bertz CT molecular complexity index is 460. The topological polar surface area (TPSA) is 9.23 Å². The highest BCUT2D eigenvalue weighted by atomic mass is 32.1. The third kappa shape index (κ3) is 1.62. The first kappa shape index (κ1) is 9.87. The molecule has 0 aliphatic heterocycles. The molecule has 74 valence electrons. The van der Waals surface area contributed by atoms with Gasteiger partial charge >= 0.3 is 0 Å². The highest BCUT2D eigenvalue weighted by Crippen LogP contribution is 2.37. The monoisotopic (exact) mass is 224 g/mol.